The summed E-state index contributed by atoms with van der Waals surface area (Å²) in [5.41, 5.74) is 2.26. The standard InChI is InChI=1S/C17H19N3O2/c1-2-22-10-15-19-14-9-18-13-6-4-3-5-12(13)16(14)20(15)11-17(21)7-8-17/h3-6,9,21H,2,7-8,10-11H2,1H3. The maximum absolute atomic E-state index is 10.4. The minimum atomic E-state index is -0.584. The maximum atomic E-state index is 10.4. The fraction of sp³-hybridized carbons (Fsp3) is 0.412. The van der Waals surface area contributed by atoms with Crippen LogP contribution in [0.1, 0.15) is 25.6 Å². The molecule has 0 amide bonds. The van der Waals surface area contributed by atoms with Gasteiger partial charge in [-0.1, -0.05) is 18.2 Å². The highest BCUT2D eigenvalue weighted by Gasteiger charge is 2.41. The molecule has 114 valence electrons. The number of hydrogen-bond acceptors (Lipinski definition) is 4. The quantitative estimate of drug-likeness (QED) is 0.786. The summed E-state index contributed by atoms with van der Waals surface area (Å²) in [5, 5.41) is 11.4. The molecule has 0 bridgehead atoms. The Bertz CT molecular complexity index is 836. The molecule has 1 aliphatic carbocycles. The van der Waals surface area contributed by atoms with Gasteiger partial charge in [-0.3, -0.25) is 4.98 Å². The molecule has 0 unspecified atom stereocenters. The number of aliphatic hydroxyl groups is 1. The van der Waals surface area contributed by atoms with Crippen molar-refractivity contribution in [1.29, 1.82) is 0 Å². The highest BCUT2D eigenvalue weighted by atomic mass is 16.5. The van der Waals surface area contributed by atoms with Crippen molar-refractivity contribution in [2.75, 3.05) is 6.61 Å². The van der Waals surface area contributed by atoms with Crippen LogP contribution in [-0.4, -0.2) is 31.8 Å². The molecule has 22 heavy (non-hydrogen) atoms. The van der Waals surface area contributed by atoms with E-state index in [0.717, 1.165) is 40.6 Å². The van der Waals surface area contributed by atoms with Crippen LogP contribution in [0.5, 0.6) is 0 Å². The Hall–Kier alpha value is -1.98. The normalized spacial score (nSPS) is 16.5. The summed E-state index contributed by atoms with van der Waals surface area (Å²) in [6.45, 7) is 3.64. The fourth-order valence-corrected chi connectivity index (χ4v) is 2.88. The predicted octanol–water partition coefficient (Wildman–Crippen LogP) is 2.65. The summed E-state index contributed by atoms with van der Waals surface area (Å²) in [7, 11) is 0. The van der Waals surface area contributed by atoms with E-state index in [1.807, 2.05) is 25.1 Å². The zero-order chi connectivity index (χ0) is 15.2. The van der Waals surface area contributed by atoms with E-state index in [4.69, 9.17) is 4.74 Å². The molecule has 0 saturated heterocycles. The van der Waals surface area contributed by atoms with Crippen LogP contribution in [-0.2, 0) is 17.9 Å². The number of para-hydroxylation sites is 1. The van der Waals surface area contributed by atoms with Crippen LogP contribution in [0.3, 0.4) is 0 Å². The molecule has 3 aromatic rings. The molecule has 1 saturated carbocycles. The lowest BCUT2D eigenvalue weighted by Crippen LogP contribution is -2.19. The molecule has 5 nitrogen and oxygen atoms in total. The Morgan fingerprint density at radius 2 is 2.09 bits per heavy atom. The molecule has 0 atom stereocenters. The number of aromatic nitrogens is 3. The van der Waals surface area contributed by atoms with Crippen LogP contribution in [0.15, 0.2) is 30.5 Å². The van der Waals surface area contributed by atoms with E-state index in [0.29, 0.717) is 19.8 Å². The van der Waals surface area contributed by atoms with Gasteiger partial charge < -0.3 is 14.4 Å². The Labute approximate surface area is 128 Å². The summed E-state index contributed by atoms with van der Waals surface area (Å²) in [4.78, 5) is 9.15. The first kappa shape index (κ1) is 13.7. The van der Waals surface area contributed by atoms with Crippen molar-refractivity contribution < 1.29 is 9.84 Å². The van der Waals surface area contributed by atoms with Crippen molar-refractivity contribution in [2.24, 2.45) is 0 Å². The molecule has 2 heterocycles. The molecule has 1 fully saturated rings. The number of pyridine rings is 1. The molecule has 2 aromatic heterocycles. The van der Waals surface area contributed by atoms with Crippen LogP contribution in [0.2, 0.25) is 0 Å². The highest BCUT2D eigenvalue weighted by Crippen LogP contribution is 2.38. The van der Waals surface area contributed by atoms with Gasteiger partial charge in [0, 0.05) is 12.0 Å². The Balaban J connectivity index is 1.94. The molecule has 1 N–H and O–H groups in total. The third kappa shape index (κ3) is 2.26. The van der Waals surface area contributed by atoms with Crippen molar-refractivity contribution in [3.05, 3.63) is 36.3 Å². The van der Waals surface area contributed by atoms with E-state index >= 15 is 0 Å². The van der Waals surface area contributed by atoms with Crippen molar-refractivity contribution >= 4 is 21.9 Å². The third-order valence-electron chi connectivity index (χ3n) is 4.27. The number of benzene rings is 1. The second-order valence-corrected chi connectivity index (χ2v) is 5.98. The van der Waals surface area contributed by atoms with Gasteiger partial charge in [-0.25, -0.2) is 4.98 Å². The van der Waals surface area contributed by atoms with Crippen LogP contribution < -0.4 is 0 Å². The first-order valence-electron chi connectivity index (χ1n) is 7.73. The number of hydrogen-bond donors (Lipinski definition) is 1. The topological polar surface area (TPSA) is 60.2 Å². The summed E-state index contributed by atoms with van der Waals surface area (Å²) in [6.07, 6.45) is 3.51. The SMILES string of the molecule is CCOCc1nc2cnc3ccccc3c2n1CC1(O)CC1. The summed E-state index contributed by atoms with van der Waals surface area (Å²) in [5.74, 6) is 0.857. The molecular formula is C17H19N3O2. The average Bonchev–Trinajstić information content (AvgIpc) is 3.16. The first-order chi connectivity index (χ1) is 10.7. The van der Waals surface area contributed by atoms with Gasteiger partial charge in [0.15, 0.2) is 0 Å². The summed E-state index contributed by atoms with van der Waals surface area (Å²) < 4.78 is 7.66. The van der Waals surface area contributed by atoms with Crippen molar-refractivity contribution in [1.82, 2.24) is 14.5 Å². The molecule has 1 aromatic carbocycles. The highest BCUT2D eigenvalue weighted by molar-refractivity contribution is 6.02. The van der Waals surface area contributed by atoms with Gasteiger partial charge in [0.25, 0.3) is 0 Å². The molecule has 4 rings (SSSR count). The van der Waals surface area contributed by atoms with Gasteiger partial charge in [0.1, 0.15) is 17.9 Å². The second-order valence-electron chi connectivity index (χ2n) is 5.98. The molecule has 0 aliphatic heterocycles. The van der Waals surface area contributed by atoms with E-state index in [1.165, 1.54) is 0 Å². The molecule has 1 aliphatic rings. The van der Waals surface area contributed by atoms with Gasteiger partial charge in [-0.15, -0.1) is 0 Å². The van der Waals surface area contributed by atoms with Crippen molar-refractivity contribution in [3.63, 3.8) is 0 Å². The smallest absolute Gasteiger partial charge is 0.136 e. The van der Waals surface area contributed by atoms with Crippen LogP contribution in [0.25, 0.3) is 21.9 Å². The number of ether oxygens (including phenoxy) is 1. The van der Waals surface area contributed by atoms with Gasteiger partial charge in [-0.05, 0) is 25.8 Å². The minimum absolute atomic E-state index is 0.454. The Kier molecular flexibility index (Phi) is 3.13. The van der Waals surface area contributed by atoms with Gasteiger partial charge >= 0.3 is 0 Å². The van der Waals surface area contributed by atoms with Gasteiger partial charge in [0.05, 0.1) is 29.4 Å². The second kappa shape index (κ2) is 5.04. The predicted molar refractivity (Wildman–Crippen MR) is 84.5 cm³/mol. The first-order valence-corrected chi connectivity index (χ1v) is 7.73. The number of nitrogens with zero attached hydrogens (tertiary/aromatic N) is 3. The van der Waals surface area contributed by atoms with Crippen LogP contribution in [0.4, 0.5) is 0 Å². The average molecular weight is 297 g/mol. The number of fused-ring (bicyclic) bond motifs is 3. The van der Waals surface area contributed by atoms with E-state index in [-0.39, 0.29) is 0 Å². The summed E-state index contributed by atoms with van der Waals surface area (Å²) >= 11 is 0. The number of imidazole rings is 1. The Morgan fingerprint density at radius 3 is 2.86 bits per heavy atom. The minimum Gasteiger partial charge on any atom is -0.388 e. The molecule has 0 spiro atoms. The van der Waals surface area contributed by atoms with Crippen molar-refractivity contribution in [3.8, 4) is 0 Å². The molecule has 5 heteroatoms. The zero-order valence-electron chi connectivity index (χ0n) is 12.6. The largest absolute Gasteiger partial charge is 0.388 e. The lowest BCUT2D eigenvalue weighted by atomic mass is 10.2. The van der Waals surface area contributed by atoms with Gasteiger partial charge in [-0.2, -0.15) is 0 Å². The zero-order valence-corrected chi connectivity index (χ0v) is 12.6. The van der Waals surface area contributed by atoms with Crippen LogP contribution in [0, 0.1) is 0 Å². The Morgan fingerprint density at radius 1 is 1.27 bits per heavy atom. The fourth-order valence-electron chi connectivity index (χ4n) is 2.88. The van der Waals surface area contributed by atoms with Crippen LogP contribution >= 0.6 is 0 Å². The molecular weight excluding hydrogens is 278 g/mol. The van der Waals surface area contributed by atoms with Gasteiger partial charge in [0.2, 0.25) is 0 Å². The monoisotopic (exact) mass is 297 g/mol. The van der Waals surface area contributed by atoms with Crippen molar-refractivity contribution in [2.45, 2.75) is 38.5 Å². The number of rotatable bonds is 5. The lowest BCUT2D eigenvalue weighted by Gasteiger charge is -2.14. The van der Waals surface area contributed by atoms with E-state index in [2.05, 4.69) is 20.6 Å². The van der Waals surface area contributed by atoms with E-state index < -0.39 is 5.60 Å². The van der Waals surface area contributed by atoms with E-state index in [9.17, 15) is 5.11 Å². The third-order valence-corrected chi connectivity index (χ3v) is 4.27. The maximum Gasteiger partial charge on any atom is 0.136 e. The van der Waals surface area contributed by atoms with E-state index in [1.54, 1.807) is 6.20 Å². The lowest BCUT2D eigenvalue weighted by molar-refractivity contribution is 0.110. The summed E-state index contributed by atoms with van der Waals surface area (Å²) in [6, 6.07) is 8.05. The molecule has 0 radical (unpaired) electrons.